The van der Waals surface area contributed by atoms with E-state index < -0.39 is 6.04 Å². The van der Waals surface area contributed by atoms with Crippen molar-refractivity contribution in [3.8, 4) is 5.75 Å². The number of carbonyl (C=O) groups is 2. The highest BCUT2D eigenvalue weighted by molar-refractivity contribution is 5.89. The van der Waals surface area contributed by atoms with Crippen LogP contribution in [0.1, 0.15) is 50.2 Å². The second kappa shape index (κ2) is 11.2. The molecule has 0 spiro atoms. The van der Waals surface area contributed by atoms with Crippen molar-refractivity contribution in [2.75, 3.05) is 7.11 Å². The van der Waals surface area contributed by atoms with E-state index in [0.29, 0.717) is 19.4 Å². The second-order valence-electron chi connectivity index (χ2n) is 9.17. The van der Waals surface area contributed by atoms with Crippen molar-refractivity contribution in [3.63, 3.8) is 0 Å². The van der Waals surface area contributed by atoms with Crippen LogP contribution in [0.25, 0.3) is 10.8 Å². The molecule has 0 aliphatic heterocycles. The molecule has 178 valence electrons. The van der Waals surface area contributed by atoms with Crippen LogP contribution in [0.3, 0.4) is 0 Å². The third-order valence-electron chi connectivity index (χ3n) is 6.87. The first-order valence-electron chi connectivity index (χ1n) is 12.2. The lowest BCUT2D eigenvalue weighted by molar-refractivity contribution is -0.140. The summed E-state index contributed by atoms with van der Waals surface area (Å²) in [5.74, 6) is 0.682. The number of hydrogen-bond acceptors (Lipinski definition) is 3. The van der Waals surface area contributed by atoms with Crippen LogP contribution >= 0.6 is 0 Å². The zero-order chi connectivity index (χ0) is 23.9. The number of nitrogens with zero attached hydrogens (tertiary/aromatic N) is 1. The Balaban J connectivity index is 1.50. The number of rotatable bonds is 9. The summed E-state index contributed by atoms with van der Waals surface area (Å²) in [5, 5.41) is 5.51. The van der Waals surface area contributed by atoms with E-state index in [1.807, 2.05) is 49.4 Å². The molecule has 5 nitrogen and oxygen atoms in total. The number of fused-ring (bicyclic) bond motifs is 1. The minimum Gasteiger partial charge on any atom is -0.497 e. The SMILES string of the molecule is COc1ccc(CN(C(=O)CCc2cccc3ccccc23)[C@@H](C)C(=O)NC2CCCC2)cc1. The van der Waals surface area contributed by atoms with E-state index in [1.165, 1.54) is 10.8 Å². The third-order valence-corrected chi connectivity index (χ3v) is 6.87. The van der Waals surface area contributed by atoms with E-state index >= 15 is 0 Å². The predicted molar refractivity (Wildman–Crippen MR) is 136 cm³/mol. The number of ether oxygens (including phenoxy) is 1. The quantitative estimate of drug-likeness (QED) is 0.476. The van der Waals surface area contributed by atoms with Crippen molar-refractivity contribution in [3.05, 3.63) is 77.9 Å². The molecule has 1 aliphatic carbocycles. The van der Waals surface area contributed by atoms with Gasteiger partial charge in [-0.25, -0.2) is 0 Å². The molecule has 1 saturated carbocycles. The lowest BCUT2D eigenvalue weighted by atomic mass is 10.0. The summed E-state index contributed by atoms with van der Waals surface area (Å²) in [6.45, 7) is 2.22. The van der Waals surface area contributed by atoms with Crippen LogP contribution in [0.15, 0.2) is 66.7 Å². The Hall–Kier alpha value is -3.34. The van der Waals surface area contributed by atoms with Gasteiger partial charge in [-0.15, -0.1) is 0 Å². The molecule has 1 fully saturated rings. The summed E-state index contributed by atoms with van der Waals surface area (Å²) in [6, 6.07) is 21.8. The van der Waals surface area contributed by atoms with Crippen LogP contribution in [0.4, 0.5) is 0 Å². The van der Waals surface area contributed by atoms with E-state index in [-0.39, 0.29) is 17.9 Å². The first-order valence-corrected chi connectivity index (χ1v) is 12.2. The fraction of sp³-hybridized carbons (Fsp3) is 0.379. The number of amides is 2. The van der Waals surface area contributed by atoms with Crippen molar-refractivity contribution in [2.45, 2.75) is 64.1 Å². The number of carbonyl (C=O) groups excluding carboxylic acids is 2. The van der Waals surface area contributed by atoms with Crippen molar-refractivity contribution < 1.29 is 14.3 Å². The Labute approximate surface area is 202 Å². The normalized spacial score (nSPS) is 14.6. The van der Waals surface area contributed by atoms with Gasteiger partial charge in [0.2, 0.25) is 11.8 Å². The monoisotopic (exact) mass is 458 g/mol. The van der Waals surface area contributed by atoms with Gasteiger partial charge in [-0.1, -0.05) is 67.4 Å². The van der Waals surface area contributed by atoms with Crippen LogP contribution in [0.2, 0.25) is 0 Å². The van der Waals surface area contributed by atoms with E-state index in [0.717, 1.165) is 42.6 Å². The van der Waals surface area contributed by atoms with Crippen molar-refractivity contribution in [1.82, 2.24) is 10.2 Å². The molecule has 34 heavy (non-hydrogen) atoms. The summed E-state index contributed by atoms with van der Waals surface area (Å²) in [4.78, 5) is 28.3. The van der Waals surface area contributed by atoms with E-state index in [1.54, 1.807) is 12.0 Å². The molecular weight excluding hydrogens is 424 g/mol. The zero-order valence-electron chi connectivity index (χ0n) is 20.1. The van der Waals surface area contributed by atoms with Crippen molar-refractivity contribution in [1.29, 1.82) is 0 Å². The molecule has 1 aliphatic rings. The van der Waals surface area contributed by atoms with Gasteiger partial charge in [0.25, 0.3) is 0 Å². The van der Waals surface area contributed by atoms with Gasteiger partial charge >= 0.3 is 0 Å². The lowest BCUT2D eigenvalue weighted by Crippen LogP contribution is -2.49. The van der Waals surface area contributed by atoms with Crippen LogP contribution in [0, 0.1) is 0 Å². The molecule has 0 unspecified atom stereocenters. The van der Waals surface area contributed by atoms with Crippen LogP contribution in [0.5, 0.6) is 5.75 Å². The number of nitrogens with one attached hydrogen (secondary N) is 1. The average Bonchev–Trinajstić information content (AvgIpc) is 3.38. The topological polar surface area (TPSA) is 58.6 Å². The number of hydrogen-bond donors (Lipinski definition) is 1. The van der Waals surface area contributed by atoms with E-state index in [4.69, 9.17) is 4.74 Å². The minimum atomic E-state index is -0.539. The van der Waals surface area contributed by atoms with Gasteiger partial charge in [0, 0.05) is 19.0 Å². The Kier molecular flexibility index (Phi) is 7.84. The Morgan fingerprint density at radius 1 is 1.00 bits per heavy atom. The van der Waals surface area contributed by atoms with Gasteiger partial charge in [0.05, 0.1) is 7.11 Å². The minimum absolute atomic E-state index is 0.0159. The highest BCUT2D eigenvalue weighted by Crippen LogP contribution is 2.22. The maximum absolute atomic E-state index is 13.5. The van der Waals surface area contributed by atoms with Gasteiger partial charge in [-0.05, 0) is 60.2 Å². The smallest absolute Gasteiger partial charge is 0.242 e. The molecule has 3 aromatic carbocycles. The van der Waals surface area contributed by atoms with E-state index in [2.05, 4.69) is 29.6 Å². The Morgan fingerprint density at radius 2 is 1.71 bits per heavy atom. The zero-order valence-corrected chi connectivity index (χ0v) is 20.1. The predicted octanol–water partition coefficient (Wildman–Crippen LogP) is 5.26. The number of methoxy groups -OCH3 is 1. The van der Waals surface area contributed by atoms with Crippen LogP contribution in [-0.2, 0) is 22.6 Å². The van der Waals surface area contributed by atoms with Gasteiger partial charge < -0.3 is 15.0 Å². The van der Waals surface area contributed by atoms with Gasteiger partial charge in [-0.2, -0.15) is 0 Å². The van der Waals surface area contributed by atoms with Gasteiger partial charge in [0.1, 0.15) is 11.8 Å². The van der Waals surface area contributed by atoms with Crippen molar-refractivity contribution in [2.24, 2.45) is 0 Å². The van der Waals surface area contributed by atoms with Gasteiger partial charge in [-0.3, -0.25) is 9.59 Å². The first-order chi connectivity index (χ1) is 16.5. The van der Waals surface area contributed by atoms with Crippen molar-refractivity contribution >= 4 is 22.6 Å². The Bertz CT molecular complexity index is 1110. The second-order valence-corrected chi connectivity index (χ2v) is 9.17. The van der Waals surface area contributed by atoms with Gasteiger partial charge in [0.15, 0.2) is 0 Å². The molecule has 5 heteroatoms. The highest BCUT2D eigenvalue weighted by atomic mass is 16.5. The molecule has 0 saturated heterocycles. The molecule has 4 rings (SSSR count). The fourth-order valence-corrected chi connectivity index (χ4v) is 4.80. The molecule has 2 amide bonds. The summed E-state index contributed by atoms with van der Waals surface area (Å²) in [7, 11) is 1.63. The summed E-state index contributed by atoms with van der Waals surface area (Å²) >= 11 is 0. The number of aryl methyl sites for hydroxylation is 1. The summed E-state index contributed by atoms with van der Waals surface area (Å²) in [5.41, 5.74) is 2.12. The molecule has 1 N–H and O–H groups in total. The Morgan fingerprint density at radius 3 is 2.44 bits per heavy atom. The summed E-state index contributed by atoms with van der Waals surface area (Å²) < 4.78 is 5.26. The molecule has 0 bridgehead atoms. The first kappa shape index (κ1) is 23.8. The molecule has 1 atom stereocenters. The largest absolute Gasteiger partial charge is 0.497 e. The molecule has 3 aromatic rings. The number of benzene rings is 3. The lowest BCUT2D eigenvalue weighted by Gasteiger charge is -2.30. The van der Waals surface area contributed by atoms with Crippen LogP contribution in [-0.4, -0.2) is 35.9 Å². The standard InChI is InChI=1S/C29H34N2O3/c1-21(29(33)30-25-11-4-5-12-25)31(20-22-14-17-26(34-2)18-15-22)28(32)19-16-24-10-7-9-23-8-3-6-13-27(23)24/h3,6-10,13-15,17-18,21,25H,4-5,11-12,16,19-20H2,1-2H3,(H,30,33)/t21-/m0/s1. The molecule has 0 aromatic heterocycles. The maximum Gasteiger partial charge on any atom is 0.242 e. The maximum atomic E-state index is 13.5. The molecular formula is C29H34N2O3. The van der Waals surface area contributed by atoms with E-state index in [9.17, 15) is 9.59 Å². The third kappa shape index (κ3) is 5.77. The average molecular weight is 459 g/mol. The highest BCUT2D eigenvalue weighted by Gasteiger charge is 2.28. The van der Waals surface area contributed by atoms with Crippen LogP contribution < -0.4 is 10.1 Å². The molecule has 0 heterocycles. The summed E-state index contributed by atoms with van der Waals surface area (Å²) in [6.07, 6.45) is 5.33. The fourth-order valence-electron chi connectivity index (χ4n) is 4.80. The molecule has 0 radical (unpaired) electrons.